The monoisotopic (exact) mass is 268 g/mol. The summed E-state index contributed by atoms with van der Waals surface area (Å²) in [5.41, 5.74) is 0. The second-order valence-corrected chi connectivity index (χ2v) is 4.40. The lowest BCUT2D eigenvalue weighted by Gasteiger charge is -2.31. The van der Waals surface area contributed by atoms with E-state index in [4.69, 9.17) is 0 Å². The topological polar surface area (TPSA) is 41.6 Å². The average molecular weight is 268 g/mol. The molecule has 0 atom stereocenters. The summed E-state index contributed by atoms with van der Waals surface area (Å²) >= 11 is 0. The average Bonchev–Trinajstić information content (AvgIpc) is 2.27. The van der Waals surface area contributed by atoms with Crippen LogP contribution < -0.4 is 5.32 Å². The minimum Gasteiger partial charge on any atom is -0.371 e. The van der Waals surface area contributed by atoms with E-state index in [1.54, 1.807) is 11.8 Å². The Morgan fingerprint density at radius 3 is 2.50 bits per heavy atom. The summed E-state index contributed by atoms with van der Waals surface area (Å²) in [5, 5.41) is 3.14. The van der Waals surface area contributed by atoms with Crippen molar-refractivity contribution in [2.45, 2.75) is 32.0 Å². The van der Waals surface area contributed by atoms with Crippen molar-refractivity contribution in [2.24, 2.45) is 0 Å². The first kappa shape index (κ1) is 15.2. The van der Waals surface area contributed by atoms with Crippen LogP contribution in [0.4, 0.5) is 13.2 Å². The van der Waals surface area contributed by atoms with Crippen LogP contribution in [-0.2, 0) is 9.53 Å². The molecule has 0 saturated carbocycles. The van der Waals surface area contributed by atoms with Gasteiger partial charge in [-0.25, -0.2) is 0 Å². The van der Waals surface area contributed by atoms with Gasteiger partial charge in [-0.05, 0) is 12.8 Å². The maximum absolute atomic E-state index is 11.8. The quantitative estimate of drug-likeness (QED) is 0.761. The molecule has 1 aliphatic heterocycles. The van der Waals surface area contributed by atoms with Crippen LogP contribution >= 0.6 is 0 Å². The second-order valence-electron chi connectivity index (χ2n) is 4.40. The number of ether oxygens (including phenoxy) is 1. The van der Waals surface area contributed by atoms with Crippen molar-refractivity contribution < 1.29 is 22.7 Å². The standard InChI is InChI=1S/C11H19F3N2O2/c1-9(17)16-5-2-10(3-6-16)15-4-7-18-8-11(12,13)14/h10,15H,2-8H2,1H3. The van der Waals surface area contributed by atoms with E-state index in [1.165, 1.54) is 0 Å². The van der Waals surface area contributed by atoms with E-state index in [1.807, 2.05) is 0 Å². The Labute approximate surface area is 104 Å². The molecule has 1 fully saturated rings. The number of hydrogen-bond acceptors (Lipinski definition) is 3. The van der Waals surface area contributed by atoms with Crippen molar-refractivity contribution >= 4 is 5.91 Å². The number of carbonyl (C=O) groups excluding carboxylic acids is 1. The summed E-state index contributed by atoms with van der Waals surface area (Å²) in [6.45, 7) is 2.20. The van der Waals surface area contributed by atoms with Crippen LogP contribution in [0.2, 0.25) is 0 Å². The van der Waals surface area contributed by atoms with Crippen molar-refractivity contribution in [1.82, 2.24) is 10.2 Å². The molecule has 0 aromatic heterocycles. The summed E-state index contributed by atoms with van der Waals surface area (Å²) < 4.78 is 39.8. The van der Waals surface area contributed by atoms with Gasteiger partial charge in [0.15, 0.2) is 0 Å². The molecule has 0 spiro atoms. The molecule has 0 aromatic carbocycles. The van der Waals surface area contributed by atoms with E-state index in [9.17, 15) is 18.0 Å². The van der Waals surface area contributed by atoms with Crippen LogP contribution in [0, 0.1) is 0 Å². The fraction of sp³-hybridized carbons (Fsp3) is 0.909. The van der Waals surface area contributed by atoms with Gasteiger partial charge in [0.1, 0.15) is 6.61 Å². The highest BCUT2D eigenvalue weighted by molar-refractivity contribution is 5.73. The fourth-order valence-electron chi connectivity index (χ4n) is 1.92. The van der Waals surface area contributed by atoms with Gasteiger partial charge in [-0.1, -0.05) is 0 Å². The molecule has 1 amide bonds. The third kappa shape index (κ3) is 6.20. The Kier molecular flexibility index (Phi) is 5.87. The lowest BCUT2D eigenvalue weighted by Crippen LogP contribution is -2.45. The zero-order valence-electron chi connectivity index (χ0n) is 10.4. The van der Waals surface area contributed by atoms with Gasteiger partial charge in [-0.15, -0.1) is 0 Å². The van der Waals surface area contributed by atoms with Crippen molar-refractivity contribution in [2.75, 3.05) is 32.8 Å². The molecular weight excluding hydrogens is 249 g/mol. The van der Waals surface area contributed by atoms with Crippen LogP contribution in [-0.4, -0.2) is 55.9 Å². The van der Waals surface area contributed by atoms with Gasteiger partial charge in [0.05, 0.1) is 6.61 Å². The molecule has 18 heavy (non-hydrogen) atoms. The number of amides is 1. The number of likely N-dealkylation sites (tertiary alicyclic amines) is 1. The molecular formula is C11H19F3N2O2. The molecule has 106 valence electrons. The normalized spacial score (nSPS) is 18.1. The predicted molar refractivity (Wildman–Crippen MR) is 60.2 cm³/mol. The number of piperidine rings is 1. The molecule has 1 rings (SSSR count). The van der Waals surface area contributed by atoms with Gasteiger partial charge in [0, 0.05) is 32.6 Å². The summed E-state index contributed by atoms with van der Waals surface area (Å²) in [4.78, 5) is 12.9. The number of halogens is 3. The molecule has 0 radical (unpaired) electrons. The number of nitrogens with one attached hydrogen (secondary N) is 1. The predicted octanol–water partition coefficient (Wildman–Crippen LogP) is 1.17. The zero-order valence-corrected chi connectivity index (χ0v) is 10.4. The summed E-state index contributed by atoms with van der Waals surface area (Å²) in [6, 6.07) is 0.259. The van der Waals surface area contributed by atoms with Crippen LogP contribution in [0.5, 0.6) is 0 Å². The molecule has 1 heterocycles. The summed E-state index contributed by atoms with van der Waals surface area (Å²) in [5.74, 6) is 0.0713. The maximum Gasteiger partial charge on any atom is 0.411 e. The first-order valence-corrected chi connectivity index (χ1v) is 6.02. The zero-order chi connectivity index (χ0) is 13.6. The van der Waals surface area contributed by atoms with Gasteiger partial charge < -0.3 is 15.0 Å². The van der Waals surface area contributed by atoms with Crippen LogP contribution in [0.3, 0.4) is 0 Å². The van der Waals surface area contributed by atoms with E-state index in [2.05, 4.69) is 10.1 Å². The Morgan fingerprint density at radius 2 is 2.00 bits per heavy atom. The number of rotatable bonds is 5. The molecule has 1 N–H and O–H groups in total. The third-order valence-electron chi connectivity index (χ3n) is 2.89. The highest BCUT2D eigenvalue weighted by Crippen LogP contribution is 2.14. The van der Waals surface area contributed by atoms with Crippen molar-refractivity contribution in [1.29, 1.82) is 0 Å². The molecule has 0 bridgehead atoms. The second kappa shape index (κ2) is 6.94. The molecule has 0 aromatic rings. The lowest BCUT2D eigenvalue weighted by molar-refractivity contribution is -0.173. The number of hydrogen-bond donors (Lipinski definition) is 1. The third-order valence-corrected chi connectivity index (χ3v) is 2.89. The highest BCUT2D eigenvalue weighted by Gasteiger charge is 2.27. The highest BCUT2D eigenvalue weighted by atomic mass is 19.4. The molecule has 1 aliphatic rings. The fourth-order valence-corrected chi connectivity index (χ4v) is 1.92. The number of alkyl halides is 3. The van der Waals surface area contributed by atoms with E-state index in [0.717, 1.165) is 12.8 Å². The Balaban J connectivity index is 2.03. The Bertz CT molecular complexity index is 264. The van der Waals surface area contributed by atoms with Crippen molar-refractivity contribution in [3.8, 4) is 0 Å². The van der Waals surface area contributed by atoms with Gasteiger partial charge in [0.25, 0.3) is 0 Å². The van der Waals surface area contributed by atoms with Crippen molar-refractivity contribution in [3.63, 3.8) is 0 Å². The first-order valence-electron chi connectivity index (χ1n) is 6.02. The Morgan fingerprint density at radius 1 is 1.39 bits per heavy atom. The largest absolute Gasteiger partial charge is 0.411 e. The van der Waals surface area contributed by atoms with E-state index < -0.39 is 12.8 Å². The minimum atomic E-state index is -4.26. The minimum absolute atomic E-state index is 0.0480. The van der Waals surface area contributed by atoms with Gasteiger partial charge in [0.2, 0.25) is 5.91 Å². The number of carbonyl (C=O) groups is 1. The molecule has 4 nitrogen and oxygen atoms in total. The maximum atomic E-state index is 11.8. The van der Waals surface area contributed by atoms with Crippen LogP contribution in [0.1, 0.15) is 19.8 Å². The van der Waals surface area contributed by atoms with Crippen LogP contribution in [0.15, 0.2) is 0 Å². The van der Waals surface area contributed by atoms with Gasteiger partial charge >= 0.3 is 6.18 Å². The van der Waals surface area contributed by atoms with Crippen molar-refractivity contribution in [3.05, 3.63) is 0 Å². The van der Waals surface area contributed by atoms with Crippen LogP contribution in [0.25, 0.3) is 0 Å². The van der Waals surface area contributed by atoms with Gasteiger partial charge in [-0.2, -0.15) is 13.2 Å². The SMILES string of the molecule is CC(=O)N1CCC(NCCOCC(F)(F)F)CC1. The molecule has 7 heteroatoms. The Hall–Kier alpha value is -0.820. The summed E-state index contributed by atoms with van der Waals surface area (Å²) in [7, 11) is 0. The van der Waals surface area contributed by atoms with E-state index in [-0.39, 0.29) is 18.6 Å². The van der Waals surface area contributed by atoms with E-state index in [0.29, 0.717) is 19.6 Å². The molecule has 0 unspecified atom stereocenters. The molecule has 0 aliphatic carbocycles. The number of nitrogens with zero attached hydrogens (tertiary/aromatic N) is 1. The smallest absolute Gasteiger partial charge is 0.371 e. The first-order chi connectivity index (χ1) is 8.38. The summed E-state index contributed by atoms with van der Waals surface area (Å²) in [6.07, 6.45) is -2.59. The van der Waals surface area contributed by atoms with E-state index >= 15 is 0 Å². The lowest BCUT2D eigenvalue weighted by atomic mass is 10.1. The molecule has 1 saturated heterocycles. The van der Waals surface area contributed by atoms with Gasteiger partial charge in [-0.3, -0.25) is 4.79 Å².